The molecule has 0 radical (unpaired) electrons. The summed E-state index contributed by atoms with van der Waals surface area (Å²) in [5.74, 6) is 0.469. The van der Waals surface area contributed by atoms with Crippen LogP contribution in [0.4, 0.5) is 0 Å². The average molecular weight is 441 g/mol. The van der Waals surface area contributed by atoms with Crippen molar-refractivity contribution in [3.05, 3.63) is 30.3 Å². The van der Waals surface area contributed by atoms with E-state index in [0.717, 1.165) is 19.3 Å². The molecule has 174 valence electrons. The van der Waals surface area contributed by atoms with Crippen molar-refractivity contribution in [1.29, 1.82) is 0 Å². The topological polar surface area (TPSA) is 63.6 Å². The van der Waals surface area contributed by atoms with E-state index in [9.17, 15) is 13.0 Å². The molecule has 0 spiro atoms. The maximum absolute atomic E-state index is 11.6. The Kier molecular flexibility index (Phi) is 15.8. The molecule has 0 aromatic heterocycles. The normalized spacial score (nSPS) is 12.7. The highest BCUT2D eigenvalue weighted by Crippen LogP contribution is 2.19. The van der Waals surface area contributed by atoms with E-state index in [4.69, 9.17) is 4.74 Å². The second-order valence-corrected chi connectivity index (χ2v) is 10.0. The summed E-state index contributed by atoms with van der Waals surface area (Å²) in [5, 5.41) is 0. The monoisotopic (exact) mass is 440 g/mol. The van der Waals surface area contributed by atoms with Gasteiger partial charge in [-0.2, -0.15) is 8.42 Å². The maximum atomic E-state index is 11.6. The van der Waals surface area contributed by atoms with Crippen LogP contribution in [0.1, 0.15) is 116 Å². The van der Waals surface area contributed by atoms with Crippen LogP contribution in [0.25, 0.3) is 0 Å². The number of para-hydroxylation sites is 1. The summed E-state index contributed by atoms with van der Waals surface area (Å²) in [6.07, 6.45) is 20.8. The number of rotatable bonds is 20. The van der Waals surface area contributed by atoms with Crippen LogP contribution in [-0.2, 0) is 10.1 Å². The van der Waals surface area contributed by atoms with E-state index < -0.39 is 15.6 Å². The molecule has 1 aromatic rings. The third-order valence-electron chi connectivity index (χ3n) is 5.64. The van der Waals surface area contributed by atoms with Gasteiger partial charge in [-0.15, -0.1) is 0 Å². The number of benzene rings is 1. The van der Waals surface area contributed by atoms with Gasteiger partial charge < -0.3 is 4.74 Å². The Bertz CT molecular complexity index is 601. The molecule has 1 atom stereocenters. The van der Waals surface area contributed by atoms with Crippen LogP contribution >= 0.6 is 0 Å². The van der Waals surface area contributed by atoms with Crippen LogP contribution < -0.4 is 4.74 Å². The van der Waals surface area contributed by atoms with Crippen molar-refractivity contribution in [2.75, 3.05) is 0 Å². The molecule has 0 aliphatic rings. The number of ether oxygens (including phenoxy) is 1. The second-order valence-electron chi connectivity index (χ2n) is 8.47. The molecule has 5 heteroatoms. The van der Waals surface area contributed by atoms with Crippen molar-refractivity contribution in [2.24, 2.45) is 0 Å². The first-order valence-corrected chi connectivity index (χ1v) is 13.7. The van der Waals surface area contributed by atoms with Gasteiger partial charge in [-0.3, -0.25) is 4.55 Å². The minimum atomic E-state index is -4.21. The van der Waals surface area contributed by atoms with Gasteiger partial charge in [-0.25, -0.2) is 0 Å². The van der Waals surface area contributed by atoms with Gasteiger partial charge >= 0.3 is 10.1 Å². The van der Waals surface area contributed by atoms with Gasteiger partial charge in [-0.1, -0.05) is 121 Å². The lowest BCUT2D eigenvalue weighted by Gasteiger charge is -2.16. The molecular weight excluding hydrogens is 396 g/mol. The molecule has 1 aromatic carbocycles. The van der Waals surface area contributed by atoms with Gasteiger partial charge in [-0.05, 0) is 18.6 Å². The predicted molar refractivity (Wildman–Crippen MR) is 127 cm³/mol. The van der Waals surface area contributed by atoms with Crippen LogP contribution in [-0.4, -0.2) is 18.4 Å². The van der Waals surface area contributed by atoms with E-state index >= 15 is 0 Å². The first kappa shape index (κ1) is 27.0. The highest BCUT2D eigenvalue weighted by atomic mass is 32.2. The molecule has 0 aliphatic carbocycles. The van der Waals surface area contributed by atoms with E-state index in [0.29, 0.717) is 12.2 Å². The summed E-state index contributed by atoms with van der Waals surface area (Å²) >= 11 is 0. The lowest BCUT2D eigenvalue weighted by atomic mass is 10.0. The van der Waals surface area contributed by atoms with Crippen LogP contribution in [0.5, 0.6) is 5.75 Å². The summed E-state index contributed by atoms with van der Waals surface area (Å²) in [7, 11) is -4.21. The first-order valence-electron chi connectivity index (χ1n) is 12.2. The van der Waals surface area contributed by atoms with Crippen molar-refractivity contribution >= 4 is 10.1 Å². The Morgan fingerprint density at radius 2 is 1.10 bits per heavy atom. The van der Waals surface area contributed by atoms with E-state index in [2.05, 4.69) is 6.92 Å². The van der Waals surface area contributed by atoms with Crippen LogP contribution in [0.2, 0.25) is 0 Å². The van der Waals surface area contributed by atoms with Gasteiger partial charge in [0.1, 0.15) is 5.75 Å². The van der Waals surface area contributed by atoms with Crippen molar-refractivity contribution in [3.63, 3.8) is 0 Å². The Balaban J connectivity index is 1.95. The molecule has 1 rings (SSSR count). The fraction of sp³-hybridized carbons (Fsp3) is 0.760. The average Bonchev–Trinajstić information content (AvgIpc) is 2.72. The predicted octanol–water partition coefficient (Wildman–Crippen LogP) is 7.93. The Morgan fingerprint density at radius 1 is 0.700 bits per heavy atom. The Labute approximate surface area is 185 Å². The van der Waals surface area contributed by atoms with E-state index in [1.807, 2.05) is 6.07 Å². The van der Waals surface area contributed by atoms with Crippen LogP contribution in [0, 0.1) is 0 Å². The van der Waals surface area contributed by atoms with Crippen molar-refractivity contribution in [1.82, 2.24) is 0 Å². The lowest BCUT2D eigenvalue weighted by Crippen LogP contribution is -2.26. The molecule has 0 heterocycles. The molecule has 4 nitrogen and oxygen atoms in total. The van der Waals surface area contributed by atoms with Gasteiger partial charge in [0.05, 0.1) is 0 Å². The maximum Gasteiger partial charge on any atom is 0.303 e. The smallest absolute Gasteiger partial charge is 0.303 e. The van der Waals surface area contributed by atoms with Crippen molar-refractivity contribution < 1.29 is 17.7 Å². The zero-order valence-electron chi connectivity index (χ0n) is 19.1. The minimum absolute atomic E-state index is 0.326. The first-order chi connectivity index (χ1) is 14.5. The zero-order chi connectivity index (χ0) is 21.9. The fourth-order valence-corrected chi connectivity index (χ4v) is 4.48. The van der Waals surface area contributed by atoms with Gasteiger partial charge in [0.25, 0.3) is 0 Å². The number of hydrogen-bond donors (Lipinski definition) is 1. The third kappa shape index (κ3) is 14.8. The molecule has 0 bridgehead atoms. The van der Waals surface area contributed by atoms with E-state index in [1.54, 1.807) is 24.3 Å². The van der Waals surface area contributed by atoms with E-state index in [-0.39, 0.29) is 0 Å². The molecule has 0 saturated carbocycles. The molecule has 1 unspecified atom stereocenters. The van der Waals surface area contributed by atoms with Crippen LogP contribution in [0.3, 0.4) is 0 Å². The number of unbranched alkanes of at least 4 members (excludes halogenated alkanes) is 15. The third-order valence-corrected chi connectivity index (χ3v) is 6.63. The van der Waals surface area contributed by atoms with Gasteiger partial charge in [0.2, 0.25) is 5.44 Å². The molecule has 0 fully saturated rings. The summed E-state index contributed by atoms with van der Waals surface area (Å²) in [5.41, 5.74) is -1.17. The zero-order valence-corrected chi connectivity index (χ0v) is 19.9. The molecule has 0 saturated heterocycles. The molecule has 0 aliphatic heterocycles. The summed E-state index contributed by atoms with van der Waals surface area (Å²) in [6.45, 7) is 2.27. The summed E-state index contributed by atoms with van der Waals surface area (Å²) in [6, 6.07) is 8.80. The molecule has 0 amide bonds. The van der Waals surface area contributed by atoms with Gasteiger partial charge in [0, 0.05) is 6.42 Å². The summed E-state index contributed by atoms with van der Waals surface area (Å²) in [4.78, 5) is 0. The highest BCUT2D eigenvalue weighted by Gasteiger charge is 2.24. The highest BCUT2D eigenvalue weighted by molar-refractivity contribution is 7.86. The summed E-state index contributed by atoms with van der Waals surface area (Å²) < 4.78 is 38.0. The quantitative estimate of drug-likeness (QED) is 0.165. The molecule has 30 heavy (non-hydrogen) atoms. The number of hydrogen-bond acceptors (Lipinski definition) is 3. The van der Waals surface area contributed by atoms with E-state index in [1.165, 1.54) is 83.5 Å². The standard InChI is InChI=1S/C25H44O4S/c1-2-3-4-5-6-7-8-9-10-11-12-13-14-15-16-20-23-25(30(26,27)28)29-24-21-18-17-19-22-24/h17-19,21-22,25H,2-16,20,23H2,1H3,(H,26,27,28). The molecule has 1 N–H and O–H groups in total. The minimum Gasteiger partial charge on any atom is -0.472 e. The SMILES string of the molecule is CCCCCCCCCCCCCCCCCCC(Oc1ccccc1)S(=O)(=O)O. The van der Waals surface area contributed by atoms with Gasteiger partial charge in [0.15, 0.2) is 0 Å². The Hall–Kier alpha value is -1.07. The van der Waals surface area contributed by atoms with Crippen molar-refractivity contribution in [2.45, 2.75) is 122 Å². The Morgan fingerprint density at radius 3 is 1.50 bits per heavy atom. The largest absolute Gasteiger partial charge is 0.472 e. The fourth-order valence-electron chi connectivity index (χ4n) is 3.78. The van der Waals surface area contributed by atoms with Crippen LogP contribution in [0.15, 0.2) is 30.3 Å². The second kappa shape index (κ2) is 17.6. The molecular formula is C25H44O4S. The van der Waals surface area contributed by atoms with Crippen molar-refractivity contribution in [3.8, 4) is 5.75 Å². The lowest BCUT2D eigenvalue weighted by molar-refractivity contribution is 0.242.